The van der Waals surface area contributed by atoms with Crippen LogP contribution in [0.5, 0.6) is 0 Å². The molecular weight excluding hydrogens is 254 g/mol. The van der Waals surface area contributed by atoms with Crippen LogP contribution < -0.4 is 0 Å². The molecule has 2 heterocycles. The minimum atomic E-state index is -3.55. The van der Waals surface area contributed by atoms with Gasteiger partial charge in [-0.25, -0.2) is 16.8 Å². The van der Waals surface area contributed by atoms with Gasteiger partial charge in [0.2, 0.25) is 10.0 Å². The first-order valence-corrected chi connectivity index (χ1v) is 8.51. The number of sulfonamides is 1. The van der Waals surface area contributed by atoms with Crippen LogP contribution in [0.4, 0.5) is 0 Å². The molecule has 2 fully saturated rings. The summed E-state index contributed by atoms with van der Waals surface area (Å²) in [5, 5.41) is 8.47. The number of aliphatic hydroxyl groups is 1. The third-order valence-corrected chi connectivity index (χ3v) is 7.37. The molecule has 2 aliphatic heterocycles. The Hall–Kier alpha value is -0.180. The highest BCUT2D eigenvalue weighted by molar-refractivity contribution is 7.95. The summed E-state index contributed by atoms with van der Waals surface area (Å²) in [5.74, 6) is -0.324. The van der Waals surface area contributed by atoms with Gasteiger partial charge in [-0.15, -0.1) is 0 Å². The Morgan fingerprint density at radius 1 is 1.25 bits per heavy atom. The van der Waals surface area contributed by atoms with Crippen LogP contribution in [-0.2, 0) is 19.9 Å². The number of nitrogens with zero attached hydrogens (tertiary/aromatic N) is 1. The number of hydrogen-bond donors (Lipinski definition) is 1. The molecule has 0 bridgehead atoms. The largest absolute Gasteiger partial charge is 0.392 e. The summed E-state index contributed by atoms with van der Waals surface area (Å²) in [4.78, 5) is 0. The molecular formula is C8H15NO5S2. The highest BCUT2D eigenvalue weighted by atomic mass is 32.2. The summed E-state index contributed by atoms with van der Waals surface area (Å²) in [6.07, 6.45) is -0.0107. The molecule has 2 rings (SSSR count). The maximum atomic E-state index is 12.0. The summed E-state index contributed by atoms with van der Waals surface area (Å²) >= 11 is 0. The van der Waals surface area contributed by atoms with Gasteiger partial charge in [0.05, 0.1) is 22.9 Å². The van der Waals surface area contributed by atoms with Crippen LogP contribution in [-0.4, -0.2) is 62.2 Å². The number of β-amino-alcohol motifs (C(OH)–C–C–N with tert-alkyl or cyclic N) is 1. The van der Waals surface area contributed by atoms with E-state index in [-0.39, 0.29) is 24.5 Å². The second-order valence-electron chi connectivity index (χ2n) is 4.37. The Balaban J connectivity index is 2.15. The molecule has 0 amide bonds. The van der Waals surface area contributed by atoms with Gasteiger partial charge >= 0.3 is 0 Å². The highest BCUT2D eigenvalue weighted by Crippen LogP contribution is 2.24. The molecule has 16 heavy (non-hydrogen) atoms. The fourth-order valence-corrected chi connectivity index (χ4v) is 6.73. The fourth-order valence-electron chi connectivity index (χ4n) is 2.15. The number of rotatable bonds is 2. The Bertz CT molecular complexity index is 469. The lowest BCUT2D eigenvalue weighted by Gasteiger charge is -2.19. The van der Waals surface area contributed by atoms with Crippen molar-refractivity contribution in [1.29, 1.82) is 0 Å². The minimum absolute atomic E-state index is 0.0483. The summed E-state index contributed by atoms with van der Waals surface area (Å²) in [6.45, 7) is 0.388. The standard InChI is InChI=1S/C8H15NO5S2/c10-7-1-3-9(5-7)16(13,14)8-2-4-15(11,12)6-8/h7-8,10H,1-6H2/t7-,8?/m1/s1. The molecule has 2 saturated heterocycles. The van der Waals surface area contributed by atoms with E-state index in [1.807, 2.05) is 0 Å². The highest BCUT2D eigenvalue weighted by Gasteiger charge is 2.42. The number of hydrogen-bond acceptors (Lipinski definition) is 5. The van der Waals surface area contributed by atoms with E-state index in [1.165, 1.54) is 4.31 Å². The van der Waals surface area contributed by atoms with Gasteiger partial charge in [0.15, 0.2) is 9.84 Å². The maximum Gasteiger partial charge on any atom is 0.218 e. The Labute approximate surface area is 95.2 Å². The van der Waals surface area contributed by atoms with E-state index < -0.39 is 31.2 Å². The second-order valence-corrected chi connectivity index (χ2v) is 8.81. The summed E-state index contributed by atoms with van der Waals surface area (Å²) in [5.41, 5.74) is 0. The Morgan fingerprint density at radius 3 is 2.38 bits per heavy atom. The molecule has 0 aliphatic carbocycles. The minimum Gasteiger partial charge on any atom is -0.392 e. The van der Waals surface area contributed by atoms with Gasteiger partial charge in [-0.1, -0.05) is 0 Å². The van der Waals surface area contributed by atoms with Crippen LogP contribution in [0.15, 0.2) is 0 Å². The maximum absolute atomic E-state index is 12.0. The SMILES string of the molecule is O=S1(=O)CCC(S(=O)(=O)N2CC[C@@H](O)C2)C1. The van der Waals surface area contributed by atoms with Crippen LogP contribution >= 0.6 is 0 Å². The zero-order chi connectivity index (χ0) is 12.0. The van der Waals surface area contributed by atoms with Gasteiger partial charge in [0, 0.05) is 13.1 Å². The van der Waals surface area contributed by atoms with Crippen LogP contribution in [0.3, 0.4) is 0 Å². The lowest BCUT2D eigenvalue weighted by atomic mass is 10.3. The fraction of sp³-hybridized carbons (Fsp3) is 1.00. The molecule has 1 unspecified atom stereocenters. The lowest BCUT2D eigenvalue weighted by Crippen LogP contribution is -2.38. The second kappa shape index (κ2) is 3.94. The average Bonchev–Trinajstić information content (AvgIpc) is 2.72. The third-order valence-electron chi connectivity index (χ3n) is 3.10. The first kappa shape index (κ1) is 12.3. The van der Waals surface area contributed by atoms with Gasteiger partial charge in [-0.05, 0) is 12.8 Å². The molecule has 0 aromatic rings. The zero-order valence-corrected chi connectivity index (χ0v) is 10.4. The monoisotopic (exact) mass is 269 g/mol. The Morgan fingerprint density at radius 2 is 1.94 bits per heavy atom. The summed E-state index contributed by atoms with van der Waals surface area (Å²) in [7, 11) is -6.74. The molecule has 94 valence electrons. The van der Waals surface area contributed by atoms with Gasteiger partial charge in [0.1, 0.15) is 0 Å². The number of aliphatic hydroxyl groups excluding tert-OH is 1. The van der Waals surface area contributed by atoms with E-state index in [0.29, 0.717) is 13.0 Å². The van der Waals surface area contributed by atoms with E-state index in [2.05, 4.69) is 0 Å². The molecule has 0 saturated carbocycles. The smallest absolute Gasteiger partial charge is 0.218 e. The van der Waals surface area contributed by atoms with Crippen molar-refractivity contribution in [2.75, 3.05) is 24.6 Å². The third kappa shape index (κ3) is 2.24. The quantitative estimate of drug-likeness (QED) is 0.663. The summed E-state index contributed by atoms with van der Waals surface area (Å²) < 4.78 is 47.7. The van der Waals surface area contributed by atoms with Crippen LogP contribution in [0.1, 0.15) is 12.8 Å². The van der Waals surface area contributed by atoms with Gasteiger partial charge in [-0.2, -0.15) is 4.31 Å². The molecule has 0 radical (unpaired) electrons. The molecule has 2 aliphatic rings. The average molecular weight is 269 g/mol. The van der Waals surface area contributed by atoms with Crippen molar-refractivity contribution in [2.24, 2.45) is 0 Å². The molecule has 0 aromatic carbocycles. The summed E-state index contributed by atoms with van der Waals surface area (Å²) in [6, 6.07) is 0. The van der Waals surface area contributed by atoms with Gasteiger partial charge in [-0.3, -0.25) is 0 Å². The van der Waals surface area contributed by atoms with Crippen molar-refractivity contribution >= 4 is 19.9 Å². The first-order chi connectivity index (χ1) is 7.31. The molecule has 0 aromatic heterocycles. The van der Waals surface area contributed by atoms with Crippen LogP contribution in [0.25, 0.3) is 0 Å². The predicted molar refractivity (Wildman–Crippen MR) is 58.2 cm³/mol. The first-order valence-electron chi connectivity index (χ1n) is 5.19. The van der Waals surface area contributed by atoms with Crippen LogP contribution in [0.2, 0.25) is 0 Å². The van der Waals surface area contributed by atoms with E-state index in [1.54, 1.807) is 0 Å². The van der Waals surface area contributed by atoms with Gasteiger partial charge < -0.3 is 5.11 Å². The molecule has 6 nitrogen and oxygen atoms in total. The molecule has 8 heteroatoms. The number of sulfone groups is 1. The van der Waals surface area contributed by atoms with Crippen molar-refractivity contribution in [1.82, 2.24) is 4.31 Å². The molecule has 0 spiro atoms. The van der Waals surface area contributed by atoms with Crippen LogP contribution in [0, 0.1) is 0 Å². The Kier molecular flexibility index (Phi) is 3.02. The van der Waals surface area contributed by atoms with Gasteiger partial charge in [0.25, 0.3) is 0 Å². The normalized spacial score (nSPS) is 35.6. The lowest BCUT2D eigenvalue weighted by molar-refractivity contribution is 0.189. The zero-order valence-electron chi connectivity index (χ0n) is 8.74. The molecule has 1 N–H and O–H groups in total. The molecule has 2 atom stereocenters. The van der Waals surface area contributed by atoms with Crippen molar-refractivity contribution in [3.63, 3.8) is 0 Å². The predicted octanol–water partition coefficient (Wildman–Crippen LogP) is -1.43. The van der Waals surface area contributed by atoms with E-state index in [9.17, 15) is 21.9 Å². The van der Waals surface area contributed by atoms with Crippen molar-refractivity contribution in [3.8, 4) is 0 Å². The van der Waals surface area contributed by atoms with Crippen molar-refractivity contribution < 1.29 is 21.9 Å². The van der Waals surface area contributed by atoms with Crippen molar-refractivity contribution in [2.45, 2.75) is 24.2 Å². The topological polar surface area (TPSA) is 91.8 Å². The van der Waals surface area contributed by atoms with E-state index >= 15 is 0 Å². The van der Waals surface area contributed by atoms with E-state index in [0.717, 1.165) is 0 Å². The van der Waals surface area contributed by atoms with Crippen molar-refractivity contribution in [3.05, 3.63) is 0 Å². The van der Waals surface area contributed by atoms with E-state index in [4.69, 9.17) is 0 Å².